The van der Waals surface area contributed by atoms with Crippen molar-refractivity contribution in [3.8, 4) is 6.07 Å². The molecule has 0 unspecified atom stereocenters. The maximum atomic E-state index is 11.1. The third-order valence-electron chi connectivity index (χ3n) is 1.32. The van der Waals surface area contributed by atoms with E-state index in [1.165, 1.54) is 17.2 Å². The molecule has 0 aliphatic rings. The summed E-state index contributed by atoms with van der Waals surface area (Å²) in [6.45, 7) is 1.65. The van der Waals surface area contributed by atoms with Crippen molar-refractivity contribution in [3.05, 3.63) is 12.4 Å². The van der Waals surface area contributed by atoms with Crippen LogP contribution in [0.4, 0.5) is 0 Å². The van der Waals surface area contributed by atoms with Crippen molar-refractivity contribution in [1.29, 1.82) is 5.26 Å². The smallest absolute Gasteiger partial charge is 0.244 e. The highest BCUT2D eigenvalue weighted by atomic mass is 16.2. The van der Waals surface area contributed by atoms with Crippen molar-refractivity contribution >= 4 is 5.91 Å². The summed E-state index contributed by atoms with van der Waals surface area (Å²) in [5.41, 5.74) is 0. The van der Waals surface area contributed by atoms with Crippen LogP contribution in [0.15, 0.2) is 12.4 Å². The van der Waals surface area contributed by atoms with E-state index >= 15 is 0 Å². The van der Waals surface area contributed by atoms with Crippen LogP contribution in [-0.4, -0.2) is 26.9 Å². The van der Waals surface area contributed by atoms with Crippen LogP contribution in [-0.2, 0) is 11.3 Å². The molecule has 0 aromatic carbocycles. The van der Waals surface area contributed by atoms with Crippen LogP contribution >= 0.6 is 0 Å². The van der Waals surface area contributed by atoms with Crippen molar-refractivity contribution in [3.63, 3.8) is 0 Å². The van der Waals surface area contributed by atoms with Gasteiger partial charge >= 0.3 is 0 Å². The fourth-order valence-corrected chi connectivity index (χ4v) is 0.773. The zero-order valence-corrected chi connectivity index (χ0v) is 7.14. The third-order valence-corrected chi connectivity index (χ3v) is 1.32. The quantitative estimate of drug-likeness (QED) is 0.665. The Morgan fingerprint density at radius 3 is 2.85 bits per heavy atom. The minimum Gasteiger partial charge on any atom is -0.339 e. The Morgan fingerprint density at radius 2 is 2.31 bits per heavy atom. The molecule has 0 fully saturated rings. The van der Waals surface area contributed by atoms with E-state index in [4.69, 9.17) is 5.26 Å². The fourth-order valence-electron chi connectivity index (χ4n) is 0.773. The molecule has 0 bridgehead atoms. The first-order chi connectivity index (χ1) is 6.22. The van der Waals surface area contributed by atoms with Gasteiger partial charge in [-0.3, -0.25) is 4.79 Å². The monoisotopic (exact) mass is 179 g/mol. The molecule has 0 spiro atoms. The molecule has 68 valence electrons. The Balaban J connectivity index is 2.39. The van der Waals surface area contributed by atoms with Crippen LogP contribution in [0.25, 0.3) is 0 Å². The van der Waals surface area contributed by atoms with Crippen molar-refractivity contribution in [1.82, 2.24) is 20.3 Å². The van der Waals surface area contributed by atoms with Crippen molar-refractivity contribution < 1.29 is 4.79 Å². The standard InChI is InChI=1S/C7H9N5O/c1-6(4-8)11-7(13)5-12-9-2-3-10-12/h2-3,6H,5H2,1H3,(H,11,13)/t6-/m1/s1. The van der Waals surface area contributed by atoms with E-state index in [1.54, 1.807) is 6.92 Å². The highest BCUT2D eigenvalue weighted by molar-refractivity contribution is 5.76. The number of nitriles is 1. The van der Waals surface area contributed by atoms with Crippen LogP contribution < -0.4 is 5.32 Å². The highest BCUT2D eigenvalue weighted by Crippen LogP contribution is 1.81. The van der Waals surface area contributed by atoms with Gasteiger partial charge < -0.3 is 5.32 Å². The van der Waals surface area contributed by atoms with Gasteiger partial charge in [0.05, 0.1) is 18.5 Å². The van der Waals surface area contributed by atoms with Crippen LogP contribution in [0.2, 0.25) is 0 Å². The molecule has 13 heavy (non-hydrogen) atoms. The van der Waals surface area contributed by atoms with Gasteiger partial charge in [-0.15, -0.1) is 0 Å². The molecule has 0 radical (unpaired) electrons. The van der Waals surface area contributed by atoms with Crippen LogP contribution in [0.3, 0.4) is 0 Å². The first-order valence-corrected chi connectivity index (χ1v) is 3.75. The molecule has 0 aliphatic carbocycles. The number of carbonyl (C=O) groups is 1. The Labute approximate surface area is 75.2 Å². The third kappa shape index (κ3) is 2.91. The minimum atomic E-state index is -0.483. The molecule has 1 amide bonds. The molecule has 1 N–H and O–H groups in total. The van der Waals surface area contributed by atoms with Crippen molar-refractivity contribution in [2.24, 2.45) is 0 Å². The van der Waals surface area contributed by atoms with E-state index in [0.717, 1.165) is 0 Å². The van der Waals surface area contributed by atoms with Gasteiger partial charge in [0, 0.05) is 0 Å². The van der Waals surface area contributed by atoms with E-state index in [1.807, 2.05) is 6.07 Å². The Kier molecular flexibility index (Phi) is 2.97. The van der Waals surface area contributed by atoms with E-state index in [9.17, 15) is 4.79 Å². The number of aromatic nitrogens is 3. The zero-order chi connectivity index (χ0) is 9.68. The van der Waals surface area contributed by atoms with Crippen LogP contribution in [0, 0.1) is 11.3 Å². The van der Waals surface area contributed by atoms with Gasteiger partial charge in [0.2, 0.25) is 5.91 Å². The Bertz CT molecular complexity index is 312. The molecule has 1 atom stereocenters. The summed E-state index contributed by atoms with van der Waals surface area (Å²) in [6.07, 6.45) is 2.97. The highest BCUT2D eigenvalue weighted by Gasteiger charge is 2.06. The van der Waals surface area contributed by atoms with Gasteiger partial charge in [0.15, 0.2) is 0 Å². The summed E-state index contributed by atoms with van der Waals surface area (Å²) in [5, 5.41) is 18.4. The Hall–Kier alpha value is -1.90. The van der Waals surface area contributed by atoms with Crippen LogP contribution in [0.5, 0.6) is 0 Å². The number of rotatable bonds is 3. The average Bonchev–Trinajstić information content (AvgIpc) is 2.56. The van der Waals surface area contributed by atoms with E-state index in [2.05, 4.69) is 15.5 Å². The summed E-state index contributed by atoms with van der Waals surface area (Å²) in [7, 11) is 0. The van der Waals surface area contributed by atoms with Gasteiger partial charge in [0.25, 0.3) is 0 Å². The maximum absolute atomic E-state index is 11.1. The number of hydrogen-bond donors (Lipinski definition) is 1. The second-order valence-corrected chi connectivity index (χ2v) is 2.48. The summed E-state index contributed by atoms with van der Waals surface area (Å²) in [4.78, 5) is 12.4. The molecule has 0 saturated heterocycles. The van der Waals surface area contributed by atoms with Crippen molar-refractivity contribution in [2.75, 3.05) is 0 Å². The largest absolute Gasteiger partial charge is 0.339 e. The predicted molar refractivity (Wildman–Crippen MR) is 43.2 cm³/mol. The average molecular weight is 179 g/mol. The molecule has 1 heterocycles. The van der Waals surface area contributed by atoms with Crippen molar-refractivity contribution in [2.45, 2.75) is 19.5 Å². The van der Waals surface area contributed by atoms with E-state index < -0.39 is 6.04 Å². The molecule has 1 aromatic heterocycles. The number of carbonyl (C=O) groups excluding carboxylic acids is 1. The fraction of sp³-hybridized carbons (Fsp3) is 0.429. The van der Waals surface area contributed by atoms with Crippen LogP contribution in [0.1, 0.15) is 6.92 Å². The molecule has 0 aliphatic heterocycles. The molecule has 1 aromatic rings. The number of nitrogens with zero attached hydrogens (tertiary/aromatic N) is 4. The molecular weight excluding hydrogens is 170 g/mol. The van der Waals surface area contributed by atoms with E-state index in [0.29, 0.717) is 0 Å². The second kappa shape index (κ2) is 4.21. The van der Waals surface area contributed by atoms with Gasteiger partial charge in [-0.2, -0.15) is 20.3 Å². The van der Waals surface area contributed by atoms with Gasteiger partial charge in [-0.05, 0) is 6.92 Å². The lowest BCUT2D eigenvalue weighted by Gasteiger charge is -2.04. The minimum absolute atomic E-state index is 0.0407. The number of nitrogens with one attached hydrogen (secondary N) is 1. The molecule has 6 nitrogen and oxygen atoms in total. The number of hydrogen-bond acceptors (Lipinski definition) is 4. The van der Waals surface area contributed by atoms with Gasteiger partial charge in [-0.25, -0.2) is 0 Å². The maximum Gasteiger partial charge on any atom is 0.244 e. The first-order valence-electron chi connectivity index (χ1n) is 3.75. The molecule has 1 rings (SSSR count). The lowest BCUT2D eigenvalue weighted by atomic mass is 10.4. The normalized spacial score (nSPS) is 11.7. The number of amides is 1. The summed E-state index contributed by atoms with van der Waals surface area (Å²) < 4.78 is 0. The first kappa shape index (κ1) is 9.19. The topological polar surface area (TPSA) is 83.6 Å². The predicted octanol–water partition coefficient (Wildman–Crippen LogP) is -0.694. The van der Waals surface area contributed by atoms with E-state index in [-0.39, 0.29) is 12.5 Å². The molecule has 6 heteroatoms. The lowest BCUT2D eigenvalue weighted by molar-refractivity contribution is -0.122. The van der Waals surface area contributed by atoms with Gasteiger partial charge in [-0.1, -0.05) is 0 Å². The lowest BCUT2D eigenvalue weighted by Crippen LogP contribution is -2.34. The molecular formula is C7H9N5O. The summed E-state index contributed by atoms with van der Waals surface area (Å²) >= 11 is 0. The van der Waals surface area contributed by atoms with Gasteiger partial charge in [0.1, 0.15) is 12.6 Å². The second-order valence-electron chi connectivity index (χ2n) is 2.48. The Morgan fingerprint density at radius 1 is 1.69 bits per heavy atom. The summed E-state index contributed by atoms with van der Waals surface area (Å²) in [5.74, 6) is -0.273. The zero-order valence-electron chi connectivity index (χ0n) is 7.14. The summed E-state index contributed by atoms with van der Waals surface area (Å²) in [6, 6.07) is 1.41. The SMILES string of the molecule is C[C@H](C#N)NC(=O)Cn1nccn1. The molecule has 0 saturated carbocycles.